The van der Waals surface area contributed by atoms with Crippen LogP contribution in [0.1, 0.15) is 56.9 Å². The molecular weight excluding hydrogens is 338 g/mol. The van der Waals surface area contributed by atoms with Crippen LogP contribution in [0, 0.1) is 17.6 Å². The number of halogens is 2. The predicted octanol–water partition coefficient (Wildman–Crippen LogP) is 7.86. The van der Waals surface area contributed by atoms with Gasteiger partial charge in [0.2, 0.25) is 0 Å². The molecule has 1 aliphatic carbocycles. The van der Waals surface area contributed by atoms with Gasteiger partial charge in [-0.25, -0.2) is 8.78 Å². The van der Waals surface area contributed by atoms with Gasteiger partial charge in [0, 0.05) is 0 Å². The van der Waals surface area contributed by atoms with Crippen LogP contribution in [0.5, 0.6) is 0 Å². The first kappa shape index (κ1) is 18.2. The van der Waals surface area contributed by atoms with Gasteiger partial charge in [0.25, 0.3) is 0 Å². The van der Waals surface area contributed by atoms with Gasteiger partial charge in [-0.15, -0.1) is 0 Å². The van der Waals surface area contributed by atoms with E-state index in [9.17, 15) is 8.78 Å². The van der Waals surface area contributed by atoms with Crippen molar-refractivity contribution in [3.05, 3.63) is 71.8 Å². The van der Waals surface area contributed by atoms with E-state index in [1.54, 1.807) is 6.07 Å². The average molecular weight is 364 g/mol. The standard InChI is InChI=1S/C25H26F2/c1-2-3-17-4-6-18(7-5-17)19-8-9-21-15-22(11-10-20(21)14-19)23-12-13-24(26)25(27)16-23/h8-18H,2-7H2,1H3/t17-,18-. The highest BCUT2D eigenvalue weighted by atomic mass is 19.2. The maximum Gasteiger partial charge on any atom is 0.159 e. The number of benzene rings is 3. The molecule has 140 valence electrons. The van der Waals surface area contributed by atoms with E-state index < -0.39 is 11.6 Å². The molecule has 3 aromatic rings. The molecule has 0 heterocycles. The average Bonchev–Trinajstić information content (AvgIpc) is 2.70. The molecule has 0 amide bonds. The van der Waals surface area contributed by atoms with Crippen molar-refractivity contribution in [1.29, 1.82) is 0 Å². The molecule has 0 bridgehead atoms. The first-order valence-corrected chi connectivity index (χ1v) is 10.1. The molecule has 0 atom stereocenters. The van der Waals surface area contributed by atoms with E-state index >= 15 is 0 Å². The maximum absolute atomic E-state index is 13.5. The minimum Gasteiger partial charge on any atom is -0.204 e. The van der Waals surface area contributed by atoms with Crippen molar-refractivity contribution in [2.45, 2.75) is 51.4 Å². The van der Waals surface area contributed by atoms with Crippen molar-refractivity contribution >= 4 is 10.8 Å². The largest absolute Gasteiger partial charge is 0.204 e. The molecule has 27 heavy (non-hydrogen) atoms. The summed E-state index contributed by atoms with van der Waals surface area (Å²) < 4.78 is 26.7. The quantitative estimate of drug-likeness (QED) is 0.442. The highest BCUT2D eigenvalue weighted by molar-refractivity contribution is 5.88. The summed E-state index contributed by atoms with van der Waals surface area (Å²) in [5.74, 6) is -0.0156. The van der Waals surface area contributed by atoms with Crippen LogP contribution < -0.4 is 0 Å². The molecule has 0 aliphatic heterocycles. The summed E-state index contributed by atoms with van der Waals surface area (Å²) in [6, 6.07) is 17.0. The summed E-state index contributed by atoms with van der Waals surface area (Å²) in [4.78, 5) is 0. The molecule has 1 saturated carbocycles. The third kappa shape index (κ3) is 3.90. The van der Waals surface area contributed by atoms with E-state index in [2.05, 4.69) is 37.3 Å². The molecule has 0 spiro atoms. The van der Waals surface area contributed by atoms with Crippen LogP contribution in [-0.4, -0.2) is 0 Å². The van der Waals surface area contributed by atoms with Gasteiger partial charge in [-0.2, -0.15) is 0 Å². The Labute approximate surface area is 160 Å². The van der Waals surface area contributed by atoms with Crippen LogP contribution >= 0.6 is 0 Å². The van der Waals surface area contributed by atoms with Crippen molar-refractivity contribution in [1.82, 2.24) is 0 Å². The second kappa shape index (κ2) is 7.80. The van der Waals surface area contributed by atoms with Crippen molar-refractivity contribution < 1.29 is 8.78 Å². The summed E-state index contributed by atoms with van der Waals surface area (Å²) in [5, 5.41) is 2.36. The molecule has 0 N–H and O–H groups in total. The zero-order valence-electron chi connectivity index (χ0n) is 15.8. The monoisotopic (exact) mass is 364 g/mol. The molecule has 4 rings (SSSR count). The number of fused-ring (bicyclic) bond motifs is 1. The Hall–Kier alpha value is -2.22. The topological polar surface area (TPSA) is 0 Å². The Kier molecular flexibility index (Phi) is 5.24. The van der Waals surface area contributed by atoms with Crippen LogP contribution in [-0.2, 0) is 0 Å². The van der Waals surface area contributed by atoms with Gasteiger partial charge in [-0.05, 0) is 83.2 Å². The van der Waals surface area contributed by atoms with Gasteiger partial charge in [0.05, 0.1) is 0 Å². The van der Waals surface area contributed by atoms with E-state index in [1.165, 1.54) is 61.6 Å². The number of hydrogen-bond donors (Lipinski definition) is 0. The molecule has 0 unspecified atom stereocenters. The molecule has 0 nitrogen and oxygen atoms in total. The van der Waals surface area contributed by atoms with Gasteiger partial charge < -0.3 is 0 Å². The van der Waals surface area contributed by atoms with E-state index in [4.69, 9.17) is 0 Å². The molecule has 0 aromatic heterocycles. The van der Waals surface area contributed by atoms with E-state index in [1.807, 2.05) is 6.07 Å². The van der Waals surface area contributed by atoms with Crippen molar-refractivity contribution in [3.63, 3.8) is 0 Å². The smallest absolute Gasteiger partial charge is 0.159 e. The van der Waals surface area contributed by atoms with Crippen LogP contribution in [0.15, 0.2) is 54.6 Å². The predicted molar refractivity (Wildman–Crippen MR) is 109 cm³/mol. The summed E-state index contributed by atoms with van der Waals surface area (Å²) in [6.45, 7) is 2.28. The van der Waals surface area contributed by atoms with Crippen LogP contribution in [0.2, 0.25) is 0 Å². The van der Waals surface area contributed by atoms with E-state index in [-0.39, 0.29) is 0 Å². The third-order valence-corrected chi connectivity index (χ3v) is 6.13. The lowest BCUT2D eigenvalue weighted by Gasteiger charge is -2.28. The van der Waals surface area contributed by atoms with Crippen LogP contribution in [0.4, 0.5) is 8.78 Å². The first-order chi connectivity index (χ1) is 13.1. The summed E-state index contributed by atoms with van der Waals surface area (Å²) >= 11 is 0. The first-order valence-electron chi connectivity index (χ1n) is 10.1. The normalized spacial score (nSPS) is 20.1. The zero-order chi connectivity index (χ0) is 18.8. The van der Waals surface area contributed by atoms with Gasteiger partial charge in [0.15, 0.2) is 11.6 Å². The van der Waals surface area contributed by atoms with E-state index in [0.29, 0.717) is 11.5 Å². The fraction of sp³-hybridized carbons (Fsp3) is 0.360. The lowest BCUT2D eigenvalue weighted by atomic mass is 9.77. The summed E-state index contributed by atoms with van der Waals surface area (Å²) in [5.41, 5.74) is 3.06. The van der Waals surface area contributed by atoms with Crippen molar-refractivity contribution in [2.75, 3.05) is 0 Å². The highest BCUT2D eigenvalue weighted by Crippen LogP contribution is 2.38. The van der Waals surface area contributed by atoms with E-state index in [0.717, 1.165) is 16.9 Å². The van der Waals surface area contributed by atoms with Crippen LogP contribution in [0.25, 0.3) is 21.9 Å². The van der Waals surface area contributed by atoms with Crippen LogP contribution in [0.3, 0.4) is 0 Å². The second-order valence-electron chi connectivity index (χ2n) is 7.96. The Morgan fingerprint density at radius 2 is 1.41 bits per heavy atom. The minimum absolute atomic E-state index is 0.674. The second-order valence-corrected chi connectivity index (χ2v) is 7.96. The minimum atomic E-state index is -0.808. The molecule has 1 fully saturated rings. The molecular formula is C25H26F2. The SMILES string of the molecule is CCC[C@H]1CC[C@H](c2ccc3cc(-c4ccc(F)c(F)c4)ccc3c2)CC1. The van der Waals surface area contributed by atoms with Gasteiger partial charge >= 0.3 is 0 Å². The number of hydrogen-bond acceptors (Lipinski definition) is 0. The lowest BCUT2D eigenvalue weighted by Crippen LogP contribution is -2.13. The summed E-state index contributed by atoms with van der Waals surface area (Å²) in [6.07, 6.45) is 7.96. The zero-order valence-corrected chi connectivity index (χ0v) is 15.8. The Balaban J connectivity index is 1.56. The highest BCUT2D eigenvalue weighted by Gasteiger charge is 2.21. The molecule has 1 aliphatic rings. The maximum atomic E-state index is 13.5. The van der Waals surface area contributed by atoms with Crippen molar-refractivity contribution in [3.8, 4) is 11.1 Å². The Morgan fingerprint density at radius 1 is 0.741 bits per heavy atom. The molecule has 2 heteroatoms. The Morgan fingerprint density at radius 3 is 2.15 bits per heavy atom. The van der Waals surface area contributed by atoms with Gasteiger partial charge in [-0.3, -0.25) is 0 Å². The number of rotatable bonds is 4. The lowest BCUT2D eigenvalue weighted by molar-refractivity contribution is 0.308. The fourth-order valence-corrected chi connectivity index (χ4v) is 4.57. The molecule has 3 aromatic carbocycles. The van der Waals surface area contributed by atoms with Gasteiger partial charge in [-0.1, -0.05) is 56.2 Å². The third-order valence-electron chi connectivity index (χ3n) is 6.13. The summed E-state index contributed by atoms with van der Waals surface area (Å²) in [7, 11) is 0. The Bertz CT molecular complexity index is 936. The fourth-order valence-electron chi connectivity index (χ4n) is 4.57. The molecule has 0 saturated heterocycles. The van der Waals surface area contributed by atoms with Gasteiger partial charge in [0.1, 0.15) is 0 Å². The molecule has 0 radical (unpaired) electrons. The van der Waals surface area contributed by atoms with Crippen molar-refractivity contribution in [2.24, 2.45) is 5.92 Å².